The van der Waals surface area contributed by atoms with Crippen LogP contribution < -0.4 is 14.8 Å². The van der Waals surface area contributed by atoms with Gasteiger partial charge in [-0.3, -0.25) is 4.79 Å². The first kappa shape index (κ1) is 28.2. The molecule has 1 aromatic heterocycles. The van der Waals surface area contributed by atoms with Crippen molar-refractivity contribution >= 4 is 35.5 Å². The van der Waals surface area contributed by atoms with Gasteiger partial charge >= 0.3 is 0 Å². The Morgan fingerprint density at radius 3 is 2.68 bits per heavy atom. The number of hydrogen-bond acceptors (Lipinski definition) is 6. The number of nitriles is 1. The maximum Gasteiger partial charge on any atom is 0.291 e. The summed E-state index contributed by atoms with van der Waals surface area (Å²) in [7, 11) is -4.69. The average Bonchev–Trinajstić information content (AvgIpc) is 3.30. The molecule has 2 aromatic rings. The van der Waals surface area contributed by atoms with Crippen LogP contribution in [0.5, 0.6) is 0 Å². The van der Waals surface area contributed by atoms with E-state index in [1.165, 1.54) is 6.20 Å². The molecule has 1 aliphatic heterocycles. The van der Waals surface area contributed by atoms with Gasteiger partial charge in [-0.25, -0.2) is 14.4 Å². The number of ether oxygens (including phenoxy) is 1. The molecule has 12 heteroatoms. The van der Waals surface area contributed by atoms with Crippen LogP contribution in [0.1, 0.15) is 59.0 Å². The zero-order valence-corrected chi connectivity index (χ0v) is 24.0. The van der Waals surface area contributed by atoms with Crippen LogP contribution in [0.15, 0.2) is 30.5 Å². The predicted octanol–water partition coefficient (Wildman–Crippen LogP) is 3.80. The molecular formula is C26H36N6O4SSi. The SMILES string of the molecule is C[Si](C)(C)CCOCn1cc(C#N)nc1C(=O)Nc1ccc(C2CNS(=O)(=O)NC2)cc1C1=CCCCC1. The Morgan fingerprint density at radius 1 is 1.26 bits per heavy atom. The number of nitrogens with one attached hydrogen (secondary N) is 3. The number of carbonyl (C=O) groups is 1. The topological polar surface area (TPSA) is 138 Å². The highest BCUT2D eigenvalue weighted by atomic mass is 32.2. The molecule has 0 atom stereocenters. The van der Waals surface area contributed by atoms with E-state index in [0.29, 0.717) is 25.4 Å². The number of allylic oxidation sites excluding steroid dienone is 2. The van der Waals surface area contributed by atoms with Crippen molar-refractivity contribution in [3.05, 3.63) is 53.1 Å². The molecule has 1 saturated heterocycles. The number of aromatic nitrogens is 2. The highest BCUT2D eigenvalue weighted by molar-refractivity contribution is 7.87. The lowest BCUT2D eigenvalue weighted by atomic mass is 9.89. The average molecular weight is 557 g/mol. The number of rotatable bonds is 9. The quantitative estimate of drug-likeness (QED) is 0.317. The molecule has 3 N–H and O–H groups in total. The predicted molar refractivity (Wildman–Crippen MR) is 150 cm³/mol. The third kappa shape index (κ3) is 7.39. The second-order valence-electron chi connectivity index (χ2n) is 11.0. The summed E-state index contributed by atoms with van der Waals surface area (Å²) in [6.07, 6.45) is 7.82. The van der Waals surface area contributed by atoms with Crippen molar-refractivity contribution in [3.63, 3.8) is 0 Å². The zero-order valence-electron chi connectivity index (χ0n) is 22.2. The Morgan fingerprint density at radius 2 is 2.03 bits per heavy atom. The summed E-state index contributed by atoms with van der Waals surface area (Å²) in [6, 6.07) is 8.84. The first-order valence-electron chi connectivity index (χ1n) is 13.0. The van der Waals surface area contributed by atoms with E-state index in [9.17, 15) is 18.5 Å². The molecule has 38 heavy (non-hydrogen) atoms. The van der Waals surface area contributed by atoms with E-state index in [4.69, 9.17) is 4.74 Å². The number of benzene rings is 1. The standard InChI is InChI=1S/C26H36N6O4SSi/c1-38(2,3)12-11-36-18-32-17-22(14-27)30-25(32)26(33)31-24-10-9-20(21-15-28-37(34,35)29-16-21)13-23(24)19-7-5-4-6-8-19/h7,9-10,13,17,21,28-29H,4-6,8,11-12,15-16,18H2,1-3H3,(H,31,33). The van der Waals surface area contributed by atoms with E-state index < -0.39 is 24.2 Å². The number of anilines is 1. The Bertz CT molecular complexity index is 1340. The van der Waals surface area contributed by atoms with Crippen LogP contribution in [0.2, 0.25) is 25.7 Å². The normalized spacial score (nSPS) is 18.0. The summed E-state index contributed by atoms with van der Waals surface area (Å²) >= 11 is 0. The molecule has 0 unspecified atom stereocenters. The van der Waals surface area contributed by atoms with E-state index in [-0.39, 0.29) is 24.2 Å². The van der Waals surface area contributed by atoms with Crippen molar-refractivity contribution in [1.29, 1.82) is 5.26 Å². The van der Waals surface area contributed by atoms with Crippen LogP contribution in [0.25, 0.3) is 5.57 Å². The molecule has 0 bridgehead atoms. The van der Waals surface area contributed by atoms with E-state index in [0.717, 1.165) is 48.4 Å². The molecule has 1 aliphatic carbocycles. The van der Waals surface area contributed by atoms with Crippen molar-refractivity contribution in [1.82, 2.24) is 19.0 Å². The highest BCUT2D eigenvalue weighted by Gasteiger charge is 2.25. The van der Waals surface area contributed by atoms with Crippen LogP contribution in [0.3, 0.4) is 0 Å². The molecule has 4 rings (SSSR count). The minimum Gasteiger partial charge on any atom is -0.361 e. The summed E-state index contributed by atoms with van der Waals surface area (Å²) in [5.74, 6) is -0.331. The summed E-state index contributed by atoms with van der Waals surface area (Å²) in [4.78, 5) is 17.6. The van der Waals surface area contributed by atoms with Gasteiger partial charge < -0.3 is 14.6 Å². The number of nitrogens with zero attached hydrogens (tertiary/aromatic N) is 3. The smallest absolute Gasteiger partial charge is 0.291 e. The Balaban J connectivity index is 1.56. The second-order valence-corrected chi connectivity index (χ2v) is 18.2. The number of carbonyl (C=O) groups excluding carboxylic acids is 1. The van der Waals surface area contributed by atoms with Crippen molar-refractivity contribution in [2.75, 3.05) is 25.0 Å². The van der Waals surface area contributed by atoms with Gasteiger partial charge in [-0.05, 0) is 55.0 Å². The van der Waals surface area contributed by atoms with Crippen LogP contribution in [-0.2, 0) is 21.7 Å². The minimum absolute atomic E-state index is 0.0309. The van der Waals surface area contributed by atoms with Gasteiger partial charge in [-0.1, -0.05) is 31.8 Å². The molecule has 1 amide bonds. The fourth-order valence-electron chi connectivity index (χ4n) is 4.52. The highest BCUT2D eigenvalue weighted by Crippen LogP contribution is 2.34. The summed E-state index contributed by atoms with van der Waals surface area (Å²) in [6.45, 7) is 8.17. The first-order chi connectivity index (χ1) is 18.0. The molecule has 2 aliphatic rings. The molecule has 204 valence electrons. The van der Waals surface area contributed by atoms with Crippen molar-refractivity contribution in [2.24, 2.45) is 0 Å². The Labute approximate surface area is 225 Å². The Hall–Kier alpha value is -2.82. The van der Waals surface area contributed by atoms with E-state index in [1.807, 2.05) is 24.3 Å². The van der Waals surface area contributed by atoms with Gasteiger partial charge in [0.2, 0.25) is 5.82 Å². The summed E-state index contributed by atoms with van der Waals surface area (Å²) < 4.78 is 35.9. The van der Waals surface area contributed by atoms with Crippen LogP contribution >= 0.6 is 0 Å². The van der Waals surface area contributed by atoms with Crippen molar-refractivity contribution < 1.29 is 17.9 Å². The minimum atomic E-state index is -3.44. The maximum absolute atomic E-state index is 13.4. The van der Waals surface area contributed by atoms with Crippen LogP contribution in [0.4, 0.5) is 5.69 Å². The van der Waals surface area contributed by atoms with E-state index >= 15 is 0 Å². The molecule has 1 fully saturated rings. The number of hydrogen-bond donors (Lipinski definition) is 3. The van der Waals surface area contributed by atoms with Gasteiger partial charge in [0.15, 0.2) is 5.69 Å². The van der Waals surface area contributed by atoms with Gasteiger partial charge in [-0.15, -0.1) is 0 Å². The fraction of sp³-hybridized carbons (Fsp3) is 0.500. The third-order valence-electron chi connectivity index (χ3n) is 6.76. The summed E-state index contributed by atoms with van der Waals surface area (Å²) in [5, 5.41) is 12.4. The largest absolute Gasteiger partial charge is 0.361 e. The van der Waals surface area contributed by atoms with Crippen LogP contribution in [0, 0.1) is 11.3 Å². The number of imidazole rings is 1. The second kappa shape index (κ2) is 11.9. The van der Waals surface area contributed by atoms with E-state index in [2.05, 4.69) is 45.5 Å². The number of amides is 1. The molecule has 2 heterocycles. The fourth-order valence-corrected chi connectivity index (χ4v) is 6.22. The monoisotopic (exact) mass is 556 g/mol. The molecule has 1 aromatic carbocycles. The summed E-state index contributed by atoms with van der Waals surface area (Å²) in [5.41, 5.74) is 3.89. The van der Waals surface area contributed by atoms with E-state index in [1.54, 1.807) is 4.57 Å². The molecule has 0 spiro atoms. The molecule has 0 radical (unpaired) electrons. The van der Waals surface area contributed by atoms with Gasteiger partial charge in [0, 0.05) is 51.1 Å². The van der Waals surface area contributed by atoms with Gasteiger partial charge in [-0.2, -0.15) is 13.7 Å². The first-order valence-corrected chi connectivity index (χ1v) is 18.2. The molecule has 0 saturated carbocycles. The zero-order chi connectivity index (χ0) is 27.3. The lowest BCUT2D eigenvalue weighted by Crippen LogP contribution is -2.47. The van der Waals surface area contributed by atoms with Crippen molar-refractivity contribution in [3.8, 4) is 6.07 Å². The third-order valence-corrected chi connectivity index (χ3v) is 9.56. The van der Waals surface area contributed by atoms with Gasteiger partial charge in [0.05, 0.1) is 0 Å². The maximum atomic E-state index is 13.4. The van der Waals surface area contributed by atoms with Gasteiger partial charge in [0.1, 0.15) is 12.8 Å². The lowest BCUT2D eigenvalue weighted by Gasteiger charge is -2.26. The van der Waals surface area contributed by atoms with Crippen LogP contribution in [-0.4, -0.2) is 51.6 Å². The van der Waals surface area contributed by atoms with Crippen molar-refractivity contribution in [2.45, 2.75) is 64.0 Å². The molecular weight excluding hydrogens is 520 g/mol. The molecule has 10 nitrogen and oxygen atoms in total. The lowest BCUT2D eigenvalue weighted by molar-refractivity contribution is 0.0808. The van der Waals surface area contributed by atoms with Gasteiger partial charge in [0.25, 0.3) is 16.1 Å². The Kier molecular flexibility index (Phi) is 8.84.